The molecule has 5 nitrogen and oxygen atoms in total. The lowest BCUT2D eigenvalue weighted by atomic mass is 10.1. The Kier molecular flexibility index (Phi) is 8.05. The number of carbonyl (C=O) groups excluding carboxylic acids is 2. The van der Waals surface area contributed by atoms with Gasteiger partial charge >= 0.3 is 5.97 Å². The Morgan fingerprint density at radius 1 is 1.00 bits per heavy atom. The van der Waals surface area contributed by atoms with E-state index in [0.717, 1.165) is 29.8 Å². The van der Waals surface area contributed by atoms with Crippen LogP contribution in [0.1, 0.15) is 41.4 Å². The minimum absolute atomic E-state index is 0.0119. The summed E-state index contributed by atoms with van der Waals surface area (Å²) in [5, 5.41) is 3.01. The van der Waals surface area contributed by atoms with Crippen LogP contribution in [0, 0.1) is 6.92 Å². The van der Waals surface area contributed by atoms with Crippen LogP contribution in [-0.4, -0.2) is 29.6 Å². The highest BCUT2D eigenvalue weighted by atomic mass is 16.5. The van der Waals surface area contributed by atoms with E-state index in [-0.39, 0.29) is 11.9 Å². The lowest BCUT2D eigenvalue weighted by Crippen LogP contribution is -2.26. The number of esters is 1. The fourth-order valence-electron chi connectivity index (χ4n) is 3.66. The molecule has 0 atom stereocenters. The summed E-state index contributed by atoms with van der Waals surface area (Å²) in [5.41, 5.74) is 4.55. The zero-order valence-electron chi connectivity index (χ0n) is 18.3. The zero-order valence-corrected chi connectivity index (χ0v) is 18.3. The molecule has 0 saturated heterocycles. The molecule has 0 aliphatic heterocycles. The molecule has 5 heteroatoms. The summed E-state index contributed by atoms with van der Waals surface area (Å²) in [6, 6.07) is 22.0. The average molecular weight is 419 g/mol. The molecule has 0 bridgehead atoms. The van der Waals surface area contributed by atoms with Gasteiger partial charge in [0.25, 0.3) is 0 Å². The number of ether oxygens (including phenoxy) is 1. The third-order valence-corrected chi connectivity index (χ3v) is 5.30. The third kappa shape index (κ3) is 6.07. The largest absolute Gasteiger partial charge is 0.462 e. The first-order valence-electron chi connectivity index (χ1n) is 10.8. The van der Waals surface area contributed by atoms with Crippen molar-refractivity contribution in [2.24, 2.45) is 0 Å². The van der Waals surface area contributed by atoms with E-state index in [4.69, 9.17) is 4.74 Å². The van der Waals surface area contributed by atoms with Crippen LogP contribution in [0.2, 0.25) is 0 Å². The zero-order chi connectivity index (χ0) is 22.1. The molecule has 1 N–H and O–H groups in total. The Labute approximate surface area is 184 Å². The van der Waals surface area contributed by atoms with Gasteiger partial charge < -0.3 is 14.6 Å². The smallest absolute Gasteiger partial charge is 0.339 e. The first-order valence-corrected chi connectivity index (χ1v) is 10.8. The number of rotatable bonds is 10. The molecule has 3 aromatic rings. The molecule has 0 fully saturated rings. The summed E-state index contributed by atoms with van der Waals surface area (Å²) >= 11 is 0. The van der Waals surface area contributed by atoms with E-state index in [1.54, 1.807) is 6.92 Å². The number of nitrogens with one attached hydrogen (secondary N) is 1. The van der Waals surface area contributed by atoms with Crippen molar-refractivity contribution in [3.63, 3.8) is 0 Å². The van der Waals surface area contributed by atoms with Gasteiger partial charge in [0.2, 0.25) is 5.91 Å². The van der Waals surface area contributed by atoms with E-state index in [1.165, 1.54) is 5.56 Å². The van der Waals surface area contributed by atoms with Gasteiger partial charge in [0.1, 0.15) is 0 Å². The fraction of sp³-hybridized carbons (Fsp3) is 0.308. The maximum atomic E-state index is 12.4. The molecule has 0 radical (unpaired) electrons. The van der Waals surface area contributed by atoms with E-state index in [9.17, 15) is 9.59 Å². The first-order chi connectivity index (χ1) is 15.1. The van der Waals surface area contributed by atoms with Crippen molar-refractivity contribution in [2.75, 3.05) is 13.2 Å². The van der Waals surface area contributed by atoms with Gasteiger partial charge in [-0.25, -0.2) is 4.79 Å². The number of benzene rings is 2. The summed E-state index contributed by atoms with van der Waals surface area (Å²) in [4.78, 5) is 24.8. The van der Waals surface area contributed by atoms with Crippen molar-refractivity contribution in [3.05, 3.63) is 83.6 Å². The van der Waals surface area contributed by atoms with Crippen LogP contribution in [0.4, 0.5) is 0 Å². The number of carbonyl (C=O) groups is 2. The predicted octanol–water partition coefficient (Wildman–Crippen LogP) is 4.78. The van der Waals surface area contributed by atoms with Crippen LogP contribution < -0.4 is 5.32 Å². The Morgan fingerprint density at radius 2 is 1.68 bits per heavy atom. The van der Waals surface area contributed by atoms with Crippen LogP contribution in [0.3, 0.4) is 0 Å². The molecule has 162 valence electrons. The standard InChI is InChI=1S/C26H30N2O3/c1-3-31-26(30)23-19-24(22-14-8-5-9-15-22)28(20(23)2)18-16-25(29)27-17-10-13-21-11-6-4-7-12-21/h4-9,11-12,14-15,19H,3,10,13,16-18H2,1-2H3,(H,27,29). The lowest BCUT2D eigenvalue weighted by Gasteiger charge is -2.12. The van der Waals surface area contributed by atoms with Gasteiger partial charge in [-0.05, 0) is 43.9 Å². The van der Waals surface area contributed by atoms with Crippen LogP contribution >= 0.6 is 0 Å². The molecule has 0 unspecified atom stereocenters. The number of amides is 1. The van der Waals surface area contributed by atoms with Crippen molar-refractivity contribution >= 4 is 11.9 Å². The molecule has 1 amide bonds. The fourth-order valence-corrected chi connectivity index (χ4v) is 3.66. The number of aryl methyl sites for hydroxylation is 1. The van der Waals surface area contributed by atoms with E-state index < -0.39 is 0 Å². The van der Waals surface area contributed by atoms with Crippen LogP contribution in [-0.2, 0) is 22.5 Å². The second kappa shape index (κ2) is 11.2. The molecule has 0 spiro atoms. The van der Waals surface area contributed by atoms with E-state index in [1.807, 2.05) is 66.1 Å². The maximum absolute atomic E-state index is 12.4. The van der Waals surface area contributed by atoms with Crippen molar-refractivity contribution in [1.82, 2.24) is 9.88 Å². The van der Waals surface area contributed by atoms with Gasteiger partial charge in [-0.15, -0.1) is 0 Å². The van der Waals surface area contributed by atoms with Crippen molar-refractivity contribution in [1.29, 1.82) is 0 Å². The monoisotopic (exact) mass is 418 g/mol. The van der Waals surface area contributed by atoms with Crippen molar-refractivity contribution in [3.8, 4) is 11.3 Å². The minimum atomic E-state index is -0.332. The van der Waals surface area contributed by atoms with Gasteiger partial charge in [-0.1, -0.05) is 60.7 Å². The van der Waals surface area contributed by atoms with Gasteiger partial charge in [-0.3, -0.25) is 4.79 Å². The lowest BCUT2D eigenvalue weighted by molar-refractivity contribution is -0.121. The number of aromatic nitrogens is 1. The Morgan fingerprint density at radius 3 is 2.35 bits per heavy atom. The van der Waals surface area contributed by atoms with Crippen LogP contribution in [0.5, 0.6) is 0 Å². The van der Waals surface area contributed by atoms with Crippen LogP contribution in [0.25, 0.3) is 11.3 Å². The van der Waals surface area contributed by atoms with Crippen LogP contribution in [0.15, 0.2) is 66.7 Å². The summed E-state index contributed by atoms with van der Waals surface area (Å²) < 4.78 is 7.24. The normalized spacial score (nSPS) is 10.6. The minimum Gasteiger partial charge on any atom is -0.462 e. The van der Waals surface area contributed by atoms with Gasteiger partial charge in [-0.2, -0.15) is 0 Å². The van der Waals surface area contributed by atoms with E-state index in [0.29, 0.717) is 31.7 Å². The molecule has 1 heterocycles. The highest BCUT2D eigenvalue weighted by molar-refractivity contribution is 5.92. The quantitative estimate of drug-likeness (QED) is 0.381. The average Bonchev–Trinajstić information content (AvgIpc) is 3.13. The molecule has 0 aliphatic carbocycles. The number of nitrogens with zero attached hydrogens (tertiary/aromatic N) is 1. The van der Waals surface area contributed by atoms with E-state index in [2.05, 4.69) is 17.4 Å². The highest BCUT2D eigenvalue weighted by Crippen LogP contribution is 2.27. The Bertz CT molecular complexity index is 994. The number of hydrogen-bond acceptors (Lipinski definition) is 3. The molecule has 0 aliphatic rings. The van der Waals surface area contributed by atoms with Gasteiger partial charge in [0, 0.05) is 30.9 Å². The molecular formula is C26H30N2O3. The molecule has 2 aromatic carbocycles. The molecule has 3 rings (SSSR count). The summed E-state index contributed by atoms with van der Waals surface area (Å²) in [6.07, 6.45) is 2.20. The van der Waals surface area contributed by atoms with Crippen molar-refractivity contribution in [2.45, 2.75) is 39.7 Å². The summed E-state index contributed by atoms with van der Waals surface area (Å²) in [6.45, 7) is 5.18. The molecule has 0 saturated carbocycles. The topological polar surface area (TPSA) is 60.3 Å². The summed E-state index contributed by atoms with van der Waals surface area (Å²) in [5.74, 6) is -0.320. The summed E-state index contributed by atoms with van der Waals surface area (Å²) in [7, 11) is 0. The second-order valence-electron chi connectivity index (χ2n) is 7.46. The number of hydrogen-bond donors (Lipinski definition) is 1. The van der Waals surface area contributed by atoms with Gasteiger partial charge in [0.05, 0.1) is 12.2 Å². The third-order valence-electron chi connectivity index (χ3n) is 5.30. The second-order valence-corrected chi connectivity index (χ2v) is 7.46. The molecular weight excluding hydrogens is 388 g/mol. The molecule has 31 heavy (non-hydrogen) atoms. The van der Waals surface area contributed by atoms with Crippen molar-refractivity contribution < 1.29 is 14.3 Å². The van der Waals surface area contributed by atoms with Gasteiger partial charge in [0.15, 0.2) is 0 Å². The van der Waals surface area contributed by atoms with E-state index >= 15 is 0 Å². The highest BCUT2D eigenvalue weighted by Gasteiger charge is 2.19. The maximum Gasteiger partial charge on any atom is 0.339 e. The Hall–Kier alpha value is -3.34. The first kappa shape index (κ1) is 22.3. The predicted molar refractivity (Wildman–Crippen MR) is 123 cm³/mol. The molecule has 1 aromatic heterocycles. The Balaban J connectivity index is 1.63. The SMILES string of the molecule is CCOC(=O)c1cc(-c2ccccc2)n(CCC(=O)NCCCc2ccccc2)c1C.